The first kappa shape index (κ1) is 38.4. The number of H-pyrrole nitrogens is 1. The number of nitriles is 2. The van der Waals surface area contributed by atoms with E-state index in [1.54, 1.807) is 0 Å². The van der Waals surface area contributed by atoms with Crippen molar-refractivity contribution in [1.82, 2.24) is 9.55 Å². The van der Waals surface area contributed by atoms with Crippen LogP contribution in [0.15, 0.2) is 82.4 Å². The van der Waals surface area contributed by atoms with Crippen LogP contribution in [0.5, 0.6) is 0 Å². The summed E-state index contributed by atoms with van der Waals surface area (Å²) in [4.78, 5) is 38.5. The van der Waals surface area contributed by atoms with Crippen LogP contribution in [0.25, 0.3) is 33.2 Å². The number of nitrogens with two attached hydrogens (primary N) is 1. The van der Waals surface area contributed by atoms with E-state index >= 15 is 0 Å². The predicted octanol–water partition coefficient (Wildman–Crippen LogP) is 5.86. The smallest absolute Gasteiger partial charge is 0.417 e. The minimum absolute atomic E-state index is 0.0403. The fourth-order valence-electron chi connectivity index (χ4n) is 5.01. The second kappa shape index (κ2) is 14.4. The normalized spacial score (nSPS) is 11.6. The molecule has 0 saturated carbocycles. The summed E-state index contributed by atoms with van der Waals surface area (Å²) in [6.07, 6.45) is -8.67. The number of hydrogen-bond donors (Lipinski definition) is 2. The number of rotatable bonds is 5. The van der Waals surface area contributed by atoms with Gasteiger partial charge >= 0.3 is 24.0 Å². The van der Waals surface area contributed by atoms with Crippen molar-refractivity contribution in [2.24, 2.45) is 0 Å². The molecule has 0 radical (unpaired) electrons. The Bertz CT molecular complexity index is 2550. The Morgan fingerprint density at radius 3 is 1.81 bits per heavy atom. The first-order valence-corrected chi connectivity index (χ1v) is 16.4. The molecule has 0 fully saturated rings. The fourth-order valence-corrected chi connectivity index (χ4v) is 5.72. The van der Waals surface area contributed by atoms with Crippen molar-refractivity contribution >= 4 is 32.4 Å². The lowest BCUT2D eigenvalue weighted by Crippen LogP contribution is -2.37. The molecular weight excluding hydrogens is 720 g/mol. The number of hydrogen-bond acceptors (Lipinski definition) is 9. The molecule has 1 aromatic heterocycles. The summed E-state index contributed by atoms with van der Waals surface area (Å²) in [6, 6.07) is 18.0. The van der Waals surface area contributed by atoms with Gasteiger partial charge in [-0.1, -0.05) is 24.3 Å². The van der Waals surface area contributed by atoms with Crippen LogP contribution >= 0.6 is 0 Å². The number of alkyl halides is 6. The van der Waals surface area contributed by atoms with Crippen LogP contribution in [0, 0.1) is 22.7 Å². The topological polar surface area (TPSA) is 189 Å². The van der Waals surface area contributed by atoms with Crippen molar-refractivity contribution in [3.63, 3.8) is 0 Å². The number of aromatic amines is 1. The fraction of sp³-hybridized carbons (Fsp3) is 0.147. The van der Waals surface area contributed by atoms with Crippen LogP contribution in [0.1, 0.15) is 32.6 Å². The monoisotopic (exact) mass is 743 g/mol. The van der Waals surface area contributed by atoms with E-state index in [1.807, 2.05) is 12.1 Å². The highest BCUT2D eigenvalue weighted by molar-refractivity contribution is 7.89. The molecule has 0 saturated heterocycles. The van der Waals surface area contributed by atoms with E-state index in [0.29, 0.717) is 16.7 Å². The number of esters is 1. The molecule has 0 amide bonds. The van der Waals surface area contributed by atoms with Gasteiger partial charge in [-0.25, -0.2) is 22.6 Å². The first-order chi connectivity index (χ1) is 24.2. The average Bonchev–Trinajstić information content (AvgIpc) is 3.08. The Morgan fingerprint density at radius 1 is 0.846 bits per heavy atom. The highest BCUT2D eigenvalue weighted by Crippen LogP contribution is 2.40. The Labute approximate surface area is 289 Å². The maximum atomic E-state index is 13.6. The van der Waals surface area contributed by atoms with Crippen molar-refractivity contribution in [3.8, 4) is 34.4 Å². The van der Waals surface area contributed by atoms with Crippen molar-refractivity contribution < 1.29 is 44.3 Å². The summed E-state index contributed by atoms with van der Waals surface area (Å²) in [5.41, 5.74) is 0.275. The lowest BCUT2D eigenvalue weighted by Gasteiger charge is -2.16. The quantitative estimate of drug-likeness (QED) is 0.126. The third kappa shape index (κ3) is 8.48. The Morgan fingerprint density at radius 2 is 1.35 bits per heavy atom. The zero-order valence-electron chi connectivity index (χ0n) is 26.7. The van der Waals surface area contributed by atoms with E-state index in [9.17, 15) is 49.1 Å². The molecule has 0 unspecified atom stereocenters. The Kier molecular flexibility index (Phi) is 10.7. The number of carbonyl (C=O) groups excluding carboxylic acids is 1. The molecule has 0 aliphatic rings. The molecule has 0 atom stereocenters. The second-order valence-corrected chi connectivity index (χ2v) is 13.1. The maximum absolute atomic E-state index is 13.6. The van der Waals surface area contributed by atoms with Gasteiger partial charge in [0.1, 0.15) is 5.88 Å². The lowest BCUT2D eigenvalue weighted by molar-refractivity contribution is -0.137. The van der Waals surface area contributed by atoms with Crippen molar-refractivity contribution in [3.05, 3.63) is 121 Å². The van der Waals surface area contributed by atoms with Gasteiger partial charge in [0.05, 0.1) is 58.0 Å². The number of sulfone groups is 1. The van der Waals surface area contributed by atoms with E-state index in [0.717, 1.165) is 25.5 Å². The molecule has 4 aromatic carbocycles. The summed E-state index contributed by atoms with van der Waals surface area (Å²) < 4.78 is 109. The number of halogens is 6. The molecule has 0 aliphatic heterocycles. The Hall–Kier alpha value is -6.40. The minimum Gasteiger partial charge on any atom is -0.465 e. The molecule has 11 nitrogen and oxygen atoms in total. The van der Waals surface area contributed by atoms with Crippen molar-refractivity contribution in [1.29, 1.82) is 10.5 Å². The average molecular weight is 744 g/mol. The largest absolute Gasteiger partial charge is 0.465 e. The van der Waals surface area contributed by atoms with E-state index < -0.39 is 56.4 Å². The first-order valence-electron chi connectivity index (χ1n) is 14.3. The summed E-state index contributed by atoms with van der Waals surface area (Å²) >= 11 is 0. The standard InChI is InChI=1S/C18H12F3N3O4S.C16H11F3N2O2/c1-29(27,28)9-24-16(25)13-6-12(11-4-2-3-10(5-11)8-22)14(18(19,20)21)7-15(13)23-17(24)26;1-23-15(22)12-6-11(10-4-2-3-9(5-10)8-20)13(7-14(12)21)16(17,18)19/h2-7H,9H2,1H3,(H,23,26);2-7H,21H2,1H3. The number of methoxy groups -OCH3 is 1. The number of fused-ring (bicyclic) bond motifs is 1. The van der Waals surface area contributed by atoms with Crippen LogP contribution in [0.2, 0.25) is 0 Å². The third-order valence-corrected chi connectivity index (χ3v) is 8.02. The second-order valence-electron chi connectivity index (χ2n) is 11.0. The summed E-state index contributed by atoms with van der Waals surface area (Å²) in [5, 5.41) is 17.6. The summed E-state index contributed by atoms with van der Waals surface area (Å²) in [5.74, 6) is -1.76. The molecule has 52 heavy (non-hydrogen) atoms. The predicted molar refractivity (Wildman–Crippen MR) is 176 cm³/mol. The van der Waals surface area contributed by atoms with Gasteiger partial charge in [0.15, 0.2) is 9.84 Å². The number of carbonyl (C=O) groups is 1. The van der Waals surface area contributed by atoms with Gasteiger partial charge in [0.2, 0.25) is 0 Å². The number of nitrogens with one attached hydrogen (secondary N) is 1. The highest BCUT2D eigenvalue weighted by Gasteiger charge is 2.36. The van der Waals surface area contributed by atoms with Gasteiger partial charge in [0, 0.05) is 11.9 Å². The van der Waals surface area contributed by atoms with Crippen molar-refractivity contribution in [2.75, 3.05) is 19.1 Å². The molecule has 268 valence electrons. The number of aromatic nitrogens is 2. The molecule has 0 spiro atoms. The molecule has 1 heterocycles. The number of nitrogens with zero attached hydrogens (tertiary/aromatic N) is 3. The van der Waals surface area contributed by atoms with Crippen molar-refractivity contribution in [2.45, 2.75) is 18.2 Å². The van der Waals surface area contributed by atoms with Gasteiger partial charge in [0.25, 0.3) is 5.56 Å². The molecular formula is C34H23F6N5O6S. The molecule has 18 heteroatoms. The number of nitrogen functional groups attached to an aromatic ring is 1. The molecule has 5 aromatic rings. The summed E-state index contributed by atoms with van der Waals surface area (Å²) in [7, 11) is -2.66. The SMILES string of the molecule is COC(=O)c1cc(-c2cccc(C#N)c2)c(C(F)(F)F)cc1N.CS(=O)(=O)Cn1c(=O)[nH]c2cc(C(F)(F)F)c(-c3cccc(C#N)c3)cc2c1=O. The van der Waals surface area contributed by atoms with Crippen LogP contribution in [-0.4, -0.2) is 37.3 Å². The van der Waals surface area contributed by atoms with E-state index in [2.05, 4.69) is 9.72 Å². The number of benzene rings is 4. The zero-order chi connectivity index (χ0) is 38.8. The summed E-state index contributed by atoms with van der Waals surface area (Å²) in [6.45, 7) is 0. The Balaban J connectivity index is 0.000000239. The van der Waals surface area contributed by atoms with E-state index in [4.69, 9.17) is 16.3 Å². The maximum Gasteiger partial charge on any atom is 0.417 e. The lowest BCUT2D eigenvalue weighted by atomic mass is 9.94. The van der Waals surface area contributed by atoms with Crippen LogP contribution in [0.4, 0.5) is 32.0 Å². The van der Waals surface area contributed by atoms with Gasteiger partial charge < -0.3 is 15.5 Å². The van der Waals surface area contributed by atoms with Gasteiger partial charge in [-0.15, -0.1) is 0 Å². The van der Waals surface area contributed by atoms with E-state index in [-0.39, 0.29) is 55.5 Å². The zero-order valence-corrected chi connectivity index (χ0v) is 27.5. The van der Waals surface area contributed by atoms with E-state index in [1.165, 1.54) is 48.5 Å². The number of anilines is 1. The van der Waals surface area contributed by atoms with Crippen LogP contribution < -0.4 is 17.0 Å². The van der Waals surface area contributed by atoms with Gasteiger partial charge in [-0.3, -0.25) is 4.79 Å². The third-order valence-electron chi connectivity index (χ3n) is 7.29. The van der Waals surface area contributed by atoms with Gasteiger partial charge in [-0.05, 0) is 70.8 Å². The minimum atomic E-state index is -4.81. The highest BCUT2D eigenvalue weighted by atomic mass is 32.2. The molecule has 0 bridgehead atoms. The molecule has 5 rings (SSSR count). The van der Waals surface area contributed by atoms with Crippen LogP contribution in [-0.2, 0) is 32.8 Å². The number of ether oxygens (including phenoxy) is 1. The van der Waals surface area contributed by atoms with Gasteiger partial charge in [-0.2, -0.15) is 36.9 Å². The van der Waals surface area contributed by atoms with Crippen LogP contribution in [0.3, 0.4) is 0 Å². The molecule has 3 N–H and O–H groups in total. The molecule has 0 aliphatic carbocycles.